The van der Waals surface area contributed by atoms with Crippen molar-refractivity contribution in [2.24, 2.45) is 28.1 Å². The number of amides is 7. The van der Waals surface area contributed by atoms with Crippen LogP contribution in [0.1, 0.15) is 62.6 Å². The molecule has 0 radical (unpaired) electrons. The number of methoxy groups -OCH3 is 1. The molecule has 0 aliphatic heterocycles. The fraction of sp³-hybridized carbons (Fsp3) is 0.460. The molecule has 0 bridgehead atoms. The van der Waals surface area contributed by atoms with E-state index in [1.54, 1.807) is 96.7 Å². The van der Waals surface area contributed by atoms with Crippen LogP contribution in [0.4, 0.5) is 4.79 Å². The standard InChI is InChI=1S/C50H70N10O10S2/c1-32(2)27-41(47(66)57-37(22-25-71-4)48(67)69-3)72-26-24-54-43(62)38(28-33-15-8-5-9-16-33)58-45(64)39(29-34-17-10-6-11-18-34)59-44(63)36(21-14-23-55-49(52)53)56-46(65)40(30-42(51)61)60-50(68)70-31-35-19-12-7-13-20-35/h5-13,15-20,32,36-41H,14,21-31H2,1-4H3,(H2,51,61)(H,54,62)(H,56,65)(H,57,66)(H,58,64)(H,59,63)(H,60,68)(H4,52,53,55)/t36-,37+,38-,39+,40-,41-/m0/s1. The molecule has 0 heterocycles. The number of nitrogens with one attached hydrogen (secondary N) is 6. The van der Waals surface area contributed by atoms with Crippen LogP contribution in [0.2, 0.25) is 0 Å². The number of thioether (sulfide) groups is 2. The van der Waals surface area contributed by atoms with Gasteiger partial charge in [0.05, 0.1) is 18.8 Å². The Kier molecular flexibility index (Phi) is 27.2. The highest BCUT2D eigenvalue weighted by Gasteiger charge is 2.33. The molecule has 3 aromatic rings. The van der Waals surface area contributed by atoms with Crippen molar-refractivity contribution in [3.63, 3.8) is 0 Å². The van der Waals surface area contributed by atoms with E-state index >= 15 is 0 Å². The van der Waals surface area contributed by atoms with E-state index in [0.717, 1.165) is 5.56 Å². The number of nitrogens with zero attached hydrogens (tertiary/aromatic N) is 1. The van der Waals surface area contributed by atoms with Gasteiger partial charge < -0.3 is 58.6 Å². The van der Waals surface area contributed by atoms with Crippen LogP contribution in [-0.2, 0) is 62.5 Å². The summed E-state index contributed by atoms with van der Waals surface area (Å²) in [6, 6.07) is 20.5. The molecule has 12 N–H and O–H groups in total. The molecule has 0 aliphatic rings. The number of alkyl carbamates (subject to hydrolysis) is 1. The highest BCUT2D eigenvalue weighted by atomic mass is 32.2. The van der Waals surface area contributed by atoms with E-state index in [9.17, 15) is 38.4 Å². The molecule has 0 aromatic heterocycles. The molecular formula is C50H70N10O10S2. The van der Waals surface area contributed by atoms with Gasteiger partial charge >= 0.3 is 12.1 Å². The molecule has 0 saturated carbocycles. The van der Waals surface area contributed by atoms with Crippen molar-refractivity contribution in [1.82, 2.24) is 31.9 Å². The van der Waals surface area contributed by atoms with E-state index in [1.165, 1.54) is 18.9 Å². The maximum atomic E-state index is 14.5. The zero-order chi connectivity index (χ0) is 52.8. The van der Waals surface area contributed by atoms with Gasteiger partial charge in [-0.2, -0.15) is 11.8 Å². The van der Waals surface area contributed by atoms with E-state index < -0.39 is 83.5 Å². The Morgan fingerprint density at radius 2 is 1.12 bits per heavy atom. The highest BCUT2D eigenvalue weighted by molar-refractivity contribution is 8.00. The van der Waals surface area contributed by atoms with Crippen LogP contribution < -0.4 is 49.1 Å². The van der Waals surface area contributed by atoms with Crippen molar-refractivity contribution in [2.45, 2.75) is 101 Å². The normalized spacial score (nSPS) is 13.3. The van der Waals surface area contributed by atoms with E-state index in [-0.39, 0.29) is 63.2 Å². The number of guanidine groups is 1. The number of rotatable bonds is 32. The van der Waals surface area contributed by atoms with Gasteiger partial charge in [-0.25, -0.2) is 9.59 Å². The van der Waals surface area contributed by atoms with Gasteiger partial charge in [0, 0.05) is 31.7 Å². The number of benzene rings is 3. The summed E-state index contributed by atoms with van der Waals surface area (Å²) in [7, 11) is 1.27. The second kappa shape index (κ2) is 33.0. The van der Waals surface area contributed by atoms with Crippen LogP contribution >= 0.6 is 23.5 Å². The Balaban J connectivity index is 1.85. The quantitative estimate of drug-likeness (QED) is 0.0187. The van der Waals surface area contributed by atoms with E-state index in [1.807, 2.05) is 26.2 Å². The van der Waals surface area contributed by atoms with Crippen LogP contribution in [0, 0.1) is 5.92 Å². The molecule has 7 amide bonds. The van der Waals surface area contributed by atoms with Crippen molar-refractivity contribution < 1.29 is 47.8 Å². The fourth-order valence-corrected chi connectivity index (χ4v) is 8.81. The summed E-state index contributed by atoms with van der Waals surface area (Å²) >= 11 is 2.88. The van der Waals surface area contributed by atoms with Gasteiger partial charge in [0.1, 0.15) is 36.8 Å². The number of carbonyl (C=O) groups is 8. The van der Waals surface area contributed by atoms with Crippen LogP contribution in [0.3, 0.4) is 0 Å². The molecule has 3 aromatic carbocycles. The predicted molar refractivity (Wildman–Crippen MR) is 279 cm³/mol. The van der Waals surface area contributed by atoms with Gasteiger partial charge in [-0.1, -0.05) is 105 Å². The minimum Gasteiger partial charge on any atom is -0.467 e. The van der Waals surface area contributed by atoms with Crippen molar-refractivity contribution in [1.29, 1.82) is 0 Å². The summed E-state index contributed by atoms with van der Waals surface area (Å²) in [5, 5.41) is 15.7. The summed E-state index contributed by atoms with van der Waals surface area (Å²) in [4.78, 5) is 111. The monoisotopic (exact) mass is 1030 g/mol. The first-order chi connectivity index (χ1) is 34.5. The molecular weight excluding hydrogens is 965 g/mol. The van der Waals surface area contributed by atoms with Crippen molar-refractivity contribution in [3.8, 4) is 0 Å². The SMILES string of the molecule is COC(=O)[C@@H](CCSC)NC(=O)[C@H](CC(C)C)SCCNC(=O)[C@H](Cc1ccccc1)NC(=O)[C@@H](Cc1ccccc1)NC(=O)[C@H](CCCN=C(N)N)NC(=O)[C@H](CC(N)=O)NC(=O)OCc1ccccc1. The number of hydrogen-bond donors (Lipinski definition) is 9. The summed E-state index contributed by atoms with van der Waals surface area (Å²) in [6.45, 7) is 4.03. The molecule has 392 valence electrons. The molecule has 22 heteroatoms. The molecule has 20 nitrogen and oxygen atoms in total. The van der Waals surface area contributed by atoms with Gasteiger partial charge in [0.25, 0.3) is 0 Å². The number of hydrogen-bond acceptors (Lipinski definition) is 13. The largest absolute Gasteiger partial charge is 0.467 e. The molecule has 0 aliphatic carbocycles. The maximum Gasteiger partial charge on any atom is 0.408 e. The summed E-state index contributed by atoms with van der Waals surface area (Å²) in [6.07, 6.45) is 1.32. The van der Waals surface area contributed by atoms with Crippen LogP contribution in [0.5, 0.6) is 0 Å². The lowest BCUT2D eigenvalue weighted by atomic mass is 10.0. The second-order valence-electron chi connectivity index (χ2n) is 17.1. The average Bonchev–Trinajstić information content (AvgIpc) is 3.35. The minimum atomic E-state index is -1.55. The first kappa shape index (κ1) is 59.5. The van der Waals surface area contributed by atoms with E-state index in [4.69, 9.17) is 26.7 Å². The van der Waals surface area contributed by atoms with Crippen molar-refractivity contribution >= 4 is 77.0 Å². The third-order valence-corrected chi connectivity index (χ3v) is 12.6. The smallest absolute Gasteiger partial charge is 0.408 e. The van der Waals surface area contributed by atoms with E-state index in [0.29, 0.717) is 35.5 Å². The molecule has 3 rings (SSSR count). The summed E-state index contributed by atoms with van der Waals surface area (Å²) in [5.41, 5.74) is 18.5. The third kappa shape index (κ3) is 23.4. The third-order valence-electron chi connectivity index (χ3n) is 10.7. The number of carbonyl (C=O) groups excluding carboxylic acids is 8. The first-order valence-corrected chi connectivity index (χ1v) is 26.0. The second-order valence-corrected chi connectivity index (χ2v) is 19.4. The Hall–Kier alpha value is -6.81. The number of aliphatic imine (C=N–C) groups is 1. The molecule has 0 spiro atoms. The number of ether oxygens (including phenoxy) is 2. The van der Waals surface area contributed by atoms with Gasteiger partial charge in [0.2, 0.25) is 35.4 Å². The van der Waals surface area contributed by atoms with Crippen LogP contribution in [0.25, 0.3) is 0 Å². The lowest BCUT2D eigenvalue weighted by molar-refractivity contribution is -0.145. The molecule has 0 fully saturated rings. The Labute approximate surface area is 429 Å². The topological polar surface area (TPSA) is 318 Å². The van der Waals surface area contributed by atoms with E-state index in [2.05, 4.69) is 36.9 Å². The maximum absolute atomic E-state index is 14.5. The predicted octanol–water partition coefficient (Wildman–Crippen LogP) is 1.83. The van der Waals surface area contributed by atoms with Crippen LogP contribution in [0.15, 0.2) is 96.0 Å². The molecule has 6 atom stereocenters. The molecule has 72 heavy (non-hydrogen) atoms. The first-order valence-electron chi connectivity index (χ1n) is 23.6. The number of esters is 1. The lowest BCUT2D eigenvalue weighted by Crippen LogP contribution is -2.59. The minimum absolute atomic E-state index is 0.0318. The Morgan fingerprint density at radius 3 is 1.65 bits per heavy atom. The zero-order valence-corrected chi connectivity index (χ0v) is 42.9. The zero-order valence-electron chi connectivity index (χ0n) is 41.3. The summed E-state index contributed by atoms with van der Waals surface area (Å²) < 4.78 is 10.2. The highest BCUT2D eigenvalue weighted by Crippen LogP contribution is 2.20. The van der Waals surface area contributed by atoms with Crippen LogP contribution in [-0.4, -0.2) is 127 Å². The van der Waals surface area contributed by atoms with Gasteiger partial charge in [-0.05, 0) is 60.3 Å². The van der Waals surface area contributed by atoms with Gasteiger partial charge in [0.15, 0.2) is 5.96 Å². The Morgan fingerprint density at radius 1 is 0.611 bits per heavy atom. The fourth-order valence-electron chi connectivity index (χ4n) is 7.09. The van der Waals surface area contributed by atoms with Gasteiger partial charge in [-0.3, -0.25) is 33.8 Å². The Bertz CT molecular complexity index is 2220. The van der Waals surface area contributed by atoms with Crippen molar-refractivity contribution in [2.75, 3.05) is 38.0 Å². The van der Waals surface area contributed by atoms with Crippen molar-refractivity contribution in [3.05, 3.63) is 108 Å². The average molecular weight is 1040 g/mol. The molecule has 0 saturated heterocycles. The summed E-state index contributed by atoms with van der Waals surface area (Å²) in [5.74, 6) is -3.84. The van der Waals surface area contributed by atoms with Gasteiger partial charge in [-0.15, -0.1) is 11.8 Å². The number of primary amides is 1. The lowest BCUT2D eigenvalue weighted by Gasteiger charge is -2.26. The number of nitrogens with two attached hydrogens (primary N) is 3. The molecule has 0 unspecified atom stereocenters.